The fraction of sp³-hybridized carbons (Fsp3) is 0.846. The highest BCUT2D eigenvalue weighted by Gasteiger charge is 2.20. The zero-order chi connectivity index (χ0) is 13.5. The van der Waals surface area contributed by atoms with Crippen LogP contribution in [0.25, 0.3) is 0 Å². The van der Waals surface area contributed by atoms with E-state index in [0.717, 1.165) is 13.0 Å². The Balaban J connectivity index is 2.28. The van der Waals surface area contributed by atoms with E-state index in [1.807, 2.05) is 13.8 Å². The smallest absolute Gasteiger partial charge is 0.311 e. The van der Waals surface area contributed by atoms with E-state index in [4.69, 9.17) is 0 Å². The zero-order valence-electron chi connectivity index (χ0n) is 11.7. The van der Waals surface area contributed by atoms with E-state index >= 15 is 0 Å². The Morgan fingerprint density at radius 1 is 1.39 bits per heavy atom. The third-order valence-corrected chi connectivity index (χ3v) is 3.10. The van der Waals surface area contributed by atoms with Crippen LogP contribution in [0.2, 0.25) is 0 Å². The van der Waals surface area contributed by atoms with Gasteiger partial charge in [-0.3, -0.25) is 9.59 Å². The lowest BCUT2D eigenvalue weighted by Crippen LogP contribution is -2.48. The van der Waals surface area contributed by atoms with Gasteiger partial charge in [-0.25, -0.2) is 0 Å². The number of rotatable bonds is 4. The number of piperidine rings is 1. The molecule has 104 valence electrons. The van der Waals surface area contributed by atoms with E-state index < -0.39 is 11.8 Å². The highest BCUT2D eigenvalue weighted by atomic mass is 16.2. The second-order valence-electron chi connectivity index (χ2n) is 5.44. The SMILES string of the molecule is CC(C)CN(C)C(=O)C(=O)NCC1CCCCN1. The lowest BCUT2D eigenvalue weighted by atomic mass is 10.1. The Morgan fingerprint density at radius 3 is 2.67 bits per heavy atom. The molecule has 5 nitrogen and oxygen atoms in total. The number of hydrogen-bond acceptors (Lipinski definition) is 3. The van der Waals surface area contributed by atoms with Crippen molar-refractivity contribution in [3.8, 4) is 0 Å². The predicted octanol–water partition coefficient (Wildman–Crippen LogP) is 0.359. The van der Waals surface area contributed by atoms with Crippen LogP contribution in [0.4, 0.5) is 0 Å². The van der Waals surface area contributed by atoms with Crippen molar-refractivity contribution in [3.63, 3.8) is 0 Å². The van der Waals surface area contributed by atoms with Gasteiger partial charge in [-0.15, -0.1) is 0 Å². The summed E-state index contributed by atoms with van der Waals surface area (Å²) in [5.74, 6) is -0.572. The number of likely N-dealkylation sites (N-methyl/N-ethyl adjacent to an activating group) is 1. The molecule has 0 aromatic heterocycles. The average Bonchev–Trinajstić information content (AvgIpc) is 2.35. The summed E-state index contributed by atoms with van der Waals surface area (Å²) in [6.07, 6.45) is 3.45. The first-order valence-corrected chi connectivity index (χ1v) is 6.77. The van der Waals surface area contributed by atoms with Crippen LogP contribution >= 0.6 is 0 Å². The number of nitrogens with zero attached hydrogens (tertiary/aromatic N) is 1. The van der Waals surface area contributed by atoms with Gasteiger partial charge in [-0.1, -0.05) is 20.3 Å². The largest absolute Gasteiger partial charge is 0.346 e. The van der Waals surface area contributed by atoms with Crippen LogP contribution in [0.15, 0.2) is 0 Å². The van der Waals surface area contributed by atoms with Crippen LogP contribution in [0.5, 0.6) is 0 Å². The Bertz CT molecular complexity index is 286. The highest BCUT2D eigenvalue weighted by Crippen LogP contribution is 2.05. The predicted molar refractivity (Wildman–Crippen MR) is 71.1 cm³/mol. The average molecular weight is 255 g/mol. The van der Waals surface area contributed by atoms with Gasteiger partial charge in [0.25, 0.3) is 0 Å². The summed E-state index contributed by atoms with van der Waals surface area (Å²) >= 11 is 0. The fourth-order valence-electron chi connectivity index (χ4n) is 2.19. The molecular weight excluding hydrogens is 230 g/mol. The molecule has 1 unspecified atom stereocenters. The fourth-order valence-corrected chi connectivity index (χ4v) is 2.19. The lowest BCUT2D eigenvalue weighted by Gasteiger charge is -2.24. The van der Waals surface area contributed by atoms with Gasteiger partial charge < -0.3 is 15.5 Å². The molecule has 0 aromatic carbocycles. The summed E-state index contributed by atoms with van der Waals surface area (Å²) in [6.45, 7) is 6.19. The molecule has 0 aromatic rings. The number of carbonyl (C=O) groups is 2. The summed E-state index contributed by atoms with van der Waals surface area (Å²) in [6, 6.07) is 0.311. The van der Waals surface area contributed by atoms with Crippen LogP contribution in [0.3, 0.4) is 0 Å². The molecule has 1 atom stereocenters. The summed E-state index contributed by atoms with van der Waals surface area (Å²) in [4.78, 5) is 24.9. The minimum atomic E-state index is -0.495. The highest BCUT2D eigenvalue weighted by molar-refractivity contribution is 6.34. The molecule has 1 rings (SSSR count). The Hall–Kier alpha value is -1.10. The van der Waals surface area contributed by atoms with Crippen molar-refractivity contribution in [1.82, 2.24) is 15.5 Å². The van der Waals surface area contributed by atoms with Gasteiger partial charge in [0.05, 0.1) is 0 Å². The first kappa shape index (κ1) is 15.0. The number of carbonyl (C=O) groups excluding carboxylic acids is 2. The standard InChI is InChI=1S/C13H25N3O2/c1-10(2)9-16(3)13(18)12(17)15-8-11-6-4-5-7-14-11/h10-11,14H,4-9H2,1-3H3,(H,15,17). The van der Waals surface area contributed by atoms with Crippen molar-refractivity contribution >= 4 is 11.8 Å². The Morgan fingerprint density at radius 2 is 2.11 bits per heavy atom. The summed E-state index contributed by atoms with van der Waals surface area (Å²) < 4.78 is 0. The molecule has 1 fully saturated rings. The first-order valence-electron chi connectivity index (χ1n) is 6.77. The second-order valence-corrected chi connectivity index (χ2v) is 5.44. The van der Waals surface area contributed by atoms with Crippen molar-refractivity contribution < 1.29 is 9.59 Å². The normalized spacial score (nSPS) is 19.7. The maximum atomic E-state index is 11.7. The van der Waals surface area contributed by atoms with Gasteiger partial charge in [0.1, 0.15) is 0 Å². The molecule has 1 aliphatic rings. The molecule has 0 radical (unpaired) electrons. The number of nitrogens with one attached hydrogen (secondary N) is 2. The molecular formula is C13H25N3O2. The van der Waals surface area contributed by atoms with E-state index in [0.29, 0.717) is 25.0 Å². The molecule has 1 saturated heterocycles. The zero-order valence-corrected chi connectivity index (χ0v) is 11.7. The maximum Gasteiger partial charge on any atom is 0.311 e. The number of amides is 2. The minimum Gasteiger partial charge on any atom is -0.346 e. The Kier molecular flexibility index (Phi) is 6.12. The van der Waals surface area contributed by atoms with Crippen molar-refractivity contribution in [1.29, 1.82) is 0 Å². The second kappa shape index (κ2) is 7.36. The molecule has 1 aliphatic heterocycles. The maximum absolute atomic E-state index is 11.7. The third-order valence-electron chi connectivity index (χ3n) is 3.10. The van der Waals surface area contributed by atoms with E-state index in [9.17, 15) is 9.59 Å². The van der Waals surface area contributed by atoms with Crippen LogP contribution < -0.4 is 10.6 Å². The van der Waals surface area contributed by atoms with Gasteiger partial charge in [0.15, 0.2) is 0 Å². The molecule has 2 amide bonds. The van der Waals surface area contributed by atoms with Crippen LogP contribution in [-0.4, -0.2) is 49.4 Å². The van der Waals surface area contributed by atoms with Gasteiger partial charge in [0.2, 0.25) is 0 Å². The summed E-state index contributed by atoms with van der Waals surface area (Å²) in [5.41, 5.74) is 0. The van der Waals surface area contributed by atoms with Crippen molar-refractivity contribution in [2.24, 2.45) is 5.92 Å². The summed E-state index contributed by atoms with van der Waals surface area (Å²) in [7, 11) is 1.67. The molecule has 0 bridgehead atoms. The van der Waals surface area contributed by atoms with E-state index in [-0.39, 0.29) is 0 Å². The van der Waals surface area contributed by atoms with Gasteiger partial charge in [-0.05, 0) is 25.3 Å². The van der Waals surface area contributed by atoms with Crippen molar-refractivity contribution in [2.75, 3.05) is 26.7 Å². The number of hydrogen-bond donors (Lipinski definition) is 2. The van der Waals surface area contributed by atoms with E-state index in [2.05, 4.69) is 10.6 Å². The molecule has 18 heavy (non-hydrogen) atoms. The van der Waals surface area contributed by atoms with Crippen LogP contribution in [0.1, 0.15) is 33.1 Å². The van der Waals surface area contributed by atoms with Crippen LogP contribution in [-0.2, 0) is 9.59 Å². The van der Waals surface area contributed by atoms with Gasteiger partial charge in [0, 0.05) is 26.2 Å². The molecule has 1 heterocycles. The lowest BCUT2D eigenvalue weighted by molar-refractivity contribution is -0.145. The van der Waals surface area contributed by atoms with E-state index in [1.165, 1.54) is 17.7 Å². The molecule has 5 heteroatoms. The Labute approximate surface area is 109 Å². The summed E-state index contributed by atoms with van der Waals surface area (Å²) in [5, 5.41) is 6.05. The quantitative estimate of drug-likeness (QED) is 0.713. The van der Waals surface area contributed by atoms with Crippen LogP contribution in [0, 0.1) is 5.92 Å². The van der Waals surface area contributed by atoms with Crippen molar-refractivity contribution in [2.45, 2.75) is 39.2 Å². The van der Waals surface area contributed by atoms with Gasteiger partial charge in [-0.2, -0.15) is 0 Å². The van der Waals surface area contributed by atoms with E-state index in [1.54, 1.807) is 7.05 Å². The minimum absolute atomic E-state index is 0.311. The van der Waals surface area contributed by atoms with Gasteiger partial charge >= 0.3 is 11.8 Å². The monoisotopic (exact) mass is 255 g/mol. The molecule has 2 N–H and O–H groups in total. The molecule has 0 aliphatic carbocycles. The van der Waals surface area contributed by atoms with Crippen molar-refractivity contribution in [3.05, 3.63) is 0 Å². The molecule has 0 saturated carbocycles. The first-order chi connectivity index (χ1) is 8.50. The third kappa shape index (κ3) is 5.04. The topological polar surface area (TPSA) is 61.4 Å². The molecule has 0 spiro atoms.